The van der Waals surface area contributed by atoms with Crippen molar-refractivity contribution in [3.63, 3.8) is 0 Å². The van der Waals surface area contributed by atoms with Gasteiger partial charge in [0.05, 0.1) is 6.61 Å². The van der Waals surface area contributed by atoms with Crippen LogP contribution in [-0.2, 0) is 0 Å². The third kappa shape index (κ3) is 2.81. The van der Waals surface area contributed by atoms with Gasteiger partial charge in [-0.1, -0.05) is 13.8 Å². The van der Waals surface area contributed by atoms with E-state index in [9.17, 15) is 10.1 Å². The highest BCUT2D eigenvalue weighted by atomic mass is 16.6. The average Bonchev–Trinajstić information content (AvgIpc) is 1.85. The Labute approximate surface area is 64.8 Å². The lowest BCUT2D eigenvalue weighted by molar-refractivity contribution is -0.543. The van der Waals surface area contributed by atoms with Crippen LogP contribution >= 0.6 is 0 Å². The van der Waals surface area contributed by atoms with Crippen LogP contribution in [0.15, 0.2) is 0 Å². The second-order valence-corrected chi connectivity index (χ2v) is 2.77. The smallest absolute Gasteiger partial charge is 0.243 e. The summed E-state index contributed by atoms with van der Waals surface area (Å²) in [4.78, 5) is 9.71. The van der Waals surface area contributed by atoms with Gasteiger partial charge in [-0.05, 0) is 0 Å². The van der Waals surface area contributed by atoms with Gasteiger partial charge in [0.2, 0.25) is 6.04 Å². The molecule has 5 heteroatoms. The highest BCUT2D eigenvalue weighted by Gasteiger charge is 2.32. The van der Waals surface area contributed by atoms with Crippen molar-refractivity contribution in [2.75, 3.05) is 6.61 Å². The van der Waals surface area contributed by atoms with Gasteiger partial charge >= 0.3 is 0 Å². The second kappa shape index (κ2) is 4.25. The molecule has 0 radical (unpaired) electrons. The van der Waals surface area contributed by atoms with Crippen molar-refractivity contribution in [1.29, 1.82) is 0 Å². The van der Waals surface area contributed by atoms with Crippen LogP contribution in [0.2, 0.25) is 0 Å². The average molecular weight is 163 g/mol. The molecule has 0 spiro atoms. The van der Waals surface area contributed by atoms with Crippen molar-refractivity contribution in [3.05, 3.63) is 10.1 Å². The quantitative estimate of drug-likeness (QED) is 0.438. The van der Waals surface area contributed by atoms with E-state index >= 15 is 0 Å². The van der Waals surface area contributed by atoms with Crippen LogP contribution < -0.4 is 0 Å². The van der Waals surface area contributed by atoms with E-state index in [2.05, 4.69) is 0 Å². The Kier molecular flexibility index (Phi) is 3.99. The Bertz CT molecular complexity index is 137. The molecule has 0 amide bonds. The molecule has 0 bridgehead atoms. The summed E-state index contributed by atoms with van der Waals surface area (Å²) in [5.41, 5.74) is 0. The van der Waals surface area contributed by atoms with Crippen LogP contribution in [0.4, 0.5) is 0 Å². The van der Waals surface area contributed by atoms with Gasteiger partial charge in [0.15, 0.2) is 0 Å². The van der Waals surface area contributed by atoms with E-state index in [1.807, 2.05) is 0 Å². The lowest BCUT2D eigenvalue weighted by atomic mass is 10.00. The van der Waals surface area contributed by atoms with Gasteiger partial charge in [0.25, 0.3) is 0 Å². The standard InChI is InChI=1S/C6H13NO4/c1-4(2)6(7(10)11)5(9)3-8/h4-6,8-9H,3H2,1-2H3. The minimum absolute atomic E-state index is 0.271. The zero-order valence-electron chi connectivity index (χ0n) is 6.60. The predicted molar refractivity (Wildman–Crippen MR) is 38.7 cm³/mol. The molecule has 0 heterocycles. The first kappa shape index (κ1) is 10.3. The van der Waals surface area contributed by atoms with Crippen LogP contribution in [0.3, 0.4) is 0 Å². The van der Waals surface area contributed by atoms with Gasteiger partial charge < -0.3 is 10.2 Å². The first-order valence-electron chi connectivity index (χ1n) is 3.43. The fourth-order valence-electron chi connectivity index (χ4n) is 0.936. The van der Waals surface area contributed by atoms with Gasteiger partial charge in [-0.15, -0.1) is 0 Å². The fraction of sp³-hybridized carbons (Fsp3) is 1.00. The Morgan fingerprint density at radius 2 is 2.00 bits per heavy atom. The molecule has 0 aromatic heterocycles. The lowest BCUT2D eigenvalue weighted by Gasteiger charge is -2.16. The van der Waals surface area contributed by atoms with Crippen molar-refractivity contribution in [2.45, 2.75) is 26.0 Å². The van der Waals surface area contributed by atoms with E-state index < -0.39 is 23.7 Å². The van der Waals surface area contributed by atoms with Gasteiger partial charge in [0.1, 0.15) is 6.10 Å². The molecular weight excluding hydrogens is 150 g/mol. The SMILES string of the molecule is CC(C)C(C(O)CO)[N+](=O)[O-]. The molecule has 0 aromatic carbocycles. The number of hydrogen-bond donors (Lipinski definition) is 2. The Morgan fingerprint density at radius 1 is 1.55 bits per heavy atom. The van der Waals surface area contributed by atoms with Crippen LogP contribution in [0.25, 0.3) is 0 Å². The molecule has 0 saturated carbocycles. The minimum Gasteiger partial charge on any atom is -0.393 e. The Balaban J connectivity index is 4.21. The highest BCUT2D eigenvalue weighted by molar-refractivity contribution is 4.69. The third-order valence-corrected chi connectivity index (χ3v) is 1.51. The molecule has 0 rings (SSSR count). The summed E-state index contributed by atoms with van der Waals surface area (Å²) < 4.78 is 0. The Morgan fingerprint density at radius 3 is 2.09 bits per heavy atom. The van der Waals surface area contributed by atoms with E-state index in [1.54, 1.807) is 13.8 Å². The van der Waals surface area contributed by atoms with E-state index in [0.717, 1.165) is 0 Å². The molecule has 0 aliphatic heterocycles. The summed E-state index contributed by atoms with van der Waals surface area (Å²) in [6.45, 7) is 2.70. The largest absolute Gasteiger partial charge is 0.393 e. The molecule has 11 heavy (non-hydrogen) atoms. The van der Waals surface area contributed by atoms with Crippen molar-refractivity contribution in [2.24, 2.45) is 5.92 Å². The van der Waals surface area contributed by atoms with Gasteiger partial charge in [0, 0.05) is 10.8 Å². The van der Waals surface area contributed by atoms with E-state index in [-0.39, 0.29) is 5.92 Å². The number of nitrogens with zero attached hydrogens (tertiary/aromatic N) is 1. The molecule has 0 aliphatic rings. The summed E-state index contributed by atoms with van der Waals surface area (Å²) in [7, 11) is 0. The van der Waals surface area contributed by atoms with E-state index in [0.29, 0.717) is 0 Å². The maximum Gasteiger partial charge on any atom is 0.243 e. The molecule has 0 aromatic rings. The summed E-state index contributed by atoms with van der Waals surface area (Å²) in [6.07, 6.45) is -1.26. The first-order valence-corrected chi connectivity index (χ1v) is 3.43. The predicted octanol–water partition coefficient (Wildman–Crippen LogP) is -0.359. The van der Waals surface area contributed by atoms with E-state index in [4.69, 9.17) is 10.2 Å². The summed E-state index contributed by atoms with van der Waals surface area (Å²) >= 11 is 0. The molecule has 0 fully saturated rings. The number of nitro groups is 1. The molecular formula is C6H13NO4. The summed E-state index contributed by atoms with van der Waals surface area (Å²) in [6, 6.07) is -1.07. The van der Waals surface area contributed by atoms with Gasteiger partial charge in [-0.25, -0.2) is 0 Å². The maximum absolute atomic E-state index is 10.3. The molecule has 0 aliphatic carbocycles. The van der Waals surface area contributed by atoms with Crippen LogP contribution in [0, 0.1) is 16.0 Å². The Hall–Kier alpha value is -0.680. The molecule has 5 nitrogen and oxygen atoms in total. The third-order valence-electron chi connectivity index (χ3n) is 1.51. The van der Waals surface area contributed by atoms with Crippen LogP contribution in [0.5, 0.6) is 0 Å². The first-order chi connectivity index (χ1) is 5.00. The topological polar surface area (TPSA) is 83.6 Å². The van der Waals surface area contributed by atoms with Gasteiger partial charge in [-0.3, -0.25) is 10.1 Å². The zero-order chi connectivity index (χ0) is 9.02. The number of rotatable bonds is 4. The van der Waals surface area contributed by atoms with Crippen molar-refractivity contribution >= 4 is 0 Å². The van der Waals surface area contributed by atoms with Crippen LogP contribution in [-0.4, -0.2) is 33.9 Å². The highest BCUT2D eigenvalue weighted by Crippen LogP contribution is 2.09. The number of hydrogen-bond acceptors (Lipinski definition) is 4. The molecule has 2 unspecified atom stereocenters. The van der Waals surface area contributed by atoms with Crippen LogP contribution in [0.1, 0.15) is 13.8 Å². The normalized spacial score (nSPS) is 16.5. The molecule has 0 saturated heterocycles. The second-order valence-electron chi connectivity index (χ2n) is 2.77. The minimum atomic E-state index is -1.26. The van der Waals surface area contributed by atoms with E-state index in [1.165, 1.54) is 0 Å². The van der Waals surface area contributed by atoms with Crippen molar-refractivity contribution < 1.29 is 15.1 Å². The summed E-state index contributed by atoms with van der Waals surface area (Å²) in [5.74, 6) is -0.271. The van der Waals surface area contributed by atoms with Crippen molar-refractivity contribution in [1.82, 2.24) is 0 Å². The fourth-order valence-corrected chi connectivity index (χ4v) is 0.936. The number of aliphatic hydroxyl groups is 2. The summed E-state index contributed by atoms with van der Waals surface area (Å²) in [5, 5.41) is 27.7. The molecule has 66 valence electrons. The molecule has 2 atom stereocenters. The zero-order valence-corrected chi connectivity index (χ0v) is 6.60. The molecule has 2 N–H and O–H groups in total. The maximum atomic E-state index is 10.3. The lowest BCUT2D eigenvalue weighted by Crippen LogP contribution is -2.40. The van der Waals surface area contributed by atoms with Crippen molar-refractivity contribution in [3.8, 4) is 0 Å². The monoisotopic (exact) mass is 163 g/mol. The van der Waals surface area contributed by atoms with Gasteiger partial charge in [-0.2, -0.15) is 0 Å². The number of aliphatic hydroxyl groups excluding tert-OH is 2.